The Morgan fingerprint density at radius 1 is 1.20 bits per heavy atom. The molecule has 4 nitrogen and oxygen atoms in total. The molecule has 0 atom stereocenters. The molecule has 2 aromatic carbocycles. The fourth-order valence-electron chi connectivity index (χ4n) is 2.85. The van der Waals surface area contributed by atoms with E-state index in [1.54, 1.807) is 4.90 Å². The first-order chi connectivity index (χ1) is 12.0. The van der Waals surface area contributed by atoms with Crippen molar-refractivity contribution in [1.82, 2.24) is 4.90 Å². The van der Waals surface area contributed by atoms with Gasteiger partial charge in [-0.2, -0.15) is 0 Å². The Balaban J connectivity index is 1.86. The van der Waals surface area contributed by atoms with E-state index in [0.717, 1.165) is 12.0 Å². The molecule has 0 spiro atoms. The lowest BCUT2D eigenvalue weighted by Gasteiger charge is -2.28. The van der Waals surface area contributed by atoms with E-state index in [2.05, 4.69) is 0 Å². The molecule has 1 fully saturated rings. The molecule has 0 aromatic heterocycles. The summed E-state index contributed by atoms with van der Waals surface area (Å²) in [5.41, 5.74) is 1.35. The molecule has 2 aromatic rings. The summed E-state index contributed by atoms with van der Waals surface area (Å²) >= 11 is 5.87. The maximum atomic E-state index is 13.5. The maximum absolute atomic E-state index is 13.5. The van der Waals surface area contributed by atoms with Gasteiger partial charge in [0, 0.05) is 18.7 Å². The van der Waals surface area contributed by atoms with Gasteiger partial charge in [0.05, 0.1) is 11.4 Å². The van der Waals surface area contributed by atoms with Crippen LogP contribution >= 0.6 is 11.6 Å². The van der Waals surface area contributed by atoms with Gasteiger partial charge in [-0.3, -0.25) is 14.5 Å². The van der Waals surface area contributed by atoms with Crippen LogP contribution in [0.5, 0.6) is 0 Å². The number of hydrogen-bond acceptors (Lipinski definition) is 2. The molecule has 0 radical (unpaired) electrons. The van der Waals surface area contributed by atoms with Crippen molar-refractivity contribution < 1.29 is 14.0 Å². The van der Waals surface area contributed by atoms with Crippen LogP contribution in [0.4, 0.5) is 10.1 Å². The van der Waals surface area contributed by atoms with E-state index in [1.807, 2.05) is 30.3 Å². The van der Waals surface area contributed by atoms with Crippen molar-refractivity contribution in [3.05, 3.63) is 64.9 Å². The molecule has 25 heavy (non-hydrogen) atoms. The topological polar surface area (TPSA) is 40.6 Å². The second-order valence-electron chi connectivity index (χ2n) is 5.98. The summed E-state index contributed by atoms with van der Waals surface area (Å²) in [5.74, 6) is -0.697. The summed E-state index contributed by atoms with van der Waals surface area (Å²) < 4.78 is 13.5. The number of benzene rings is 2. The molecule has 0 N–H and O–H groups in total. The number of halogens is 2. The molecule has 0 saturated carbocycles. The normalized spacial score (nSPS) is 14.0. The highest BCUT2D eigenvalue weighted by Crippen LogP contribution is 2.24. The van der Waals surface area contributed by atoms with Gasteiger partial charge in [0.25, 0.3) is 0 Å². The predicted octanol–water partition coefficient (Wildman–Crippen LogP) is 3.63. The lowest BCUT2D eigenvalue weighted by molar-refractivity contribution is -0.128. The lowest BCUT2D eigenvalue weighted by Crippen LogP contribution is -2.43. The van der Waals surface area contributed by atoms with Gasteiger partial charge >= 0.3 is 0 Å². The fourth-order valence-corrected chi connectivity index (χ4v) is 3.02. The van der Waals surface area contributed by atoms with Crippen LogP contribution in [0.3, 0.4) is 0 Å². The fraction of sp³-hybridized carbons (Fsp3) is 0.263. The summed E-state index contributed by atoms with van der Waals surface area (Å²) in [4.78, 5) is 27.9. The van der Waals surface area contributed by atoms with E-state index in [0.29, 0.717) is 18.7 Å². The highest BCUT2D eigenvalue weighted by atomic mass is 35.5. The van der Waals surface area contributed by atoms with Gasteiger partial charge in [-0.05, 0) is 30.2 Å². The average Bonchev–Trinajstić information content (AvgIpc) is 3.01. The van der Waals surface area contributed by atoms with Crippen LogP contribution in [-0.2, 0) is 16.0 Å². The molecule has 1 saturated heterocycles. The zero-order chi connectivity index (χ0) is 17.8. The number of rotatable bonds is 5. The zero-order valence-electron chi connectivity index (χ0n) is 13.6. The van der Waals surface area contributed by atoms with Crippen molar-refractivity contribution in [2.75, 3.05) is 18.1 Å². The average molecular weight is 361 g/mol. The Kier molecular flexibility index (Phi) is 5.34. The first-order valence-electron chi connectivity index (χ1n) is 8.12. The predicted molar refractivity (Wildman–Crippen MR) is 94.9 cm³/mol. The Bertz CT molecular complexity index is 782. The number of nitrogens with zero attached hydrogens (tertiary/aromatic N) is 2. The first-order valence-corrected chi connectivity index (χ1v) is 8.49. The van der Waals surface area contributed by atoms with Gasteiger partial charge < -0.3 is 4.90 Å². The Morgan fingerprint density at radius 3 is 2.60 bits per heavy atom. The van der Waals surface area contributed by atoms with Crippen LogP contribution in [0.2, 0.25) is 5.02 Å². The van der Waals surface area contributed by atoms with Crippen LogP contribution in [0.25, 0.3) is 0 Å². The third-order valence-corrected chi connectivity index (χ3v) is 4.49. The molecule has 0 bridgehead atoms. The molecule has 0 aliphatic carbocycles. The number of amides is 2. The van der Waals surface area contributed by atoms with E-state index >= 15 is 0 Å². The van der Waals surface area contributed by atoms with Gasteiger partial charge in [-0.15, -0.1) is 0 Å². The van der Waals surface area contributed by atoms with Crippen molar-refractivity contribution in [3.63, 3.8) is 0 Å². The van der Waals surface area contributed by atoms with Crippen LogP contribution in [-0.4, -0.2) is 29.9 Å². The molecule has 1 aliphatic rings. The monoisotopic (exact) mass is 360 g/mol. The summed E-state index contributed by atoms with van der Waals surface area (Å²) in [6, 6.07) is 13.5. The summed E-state index contributed by atoms with van der Waals surface area (Å²) in [6.45, 7) is 0.759. The van der Waals surface area contributed by atoms with Crippen molar-refractivity contribution >= 4 is 29.1 Å². The molecule has 0 unspecified atom stereocenters. The Morgan fingerprint density at radius 2 is 1.96 bits per heavy atom. The summed E-state index contributed by atoms with van der Waals surface area (Å²) in [7, 11) is 0. The maximum Gasteiger partial charge on any atom is 0.232 e. The van der Waals surface area contributed by atoms with Crippen molar-refractivity contribution in [1.29, 1.82) is 0 Å². The standard InChI is InChI=1S/C19H18ClFN2O2/c20-16-12-15(8-9-17(16)21)23(13-22-10-4-7-18(22)24)19(25)11-14-5-2-1-3-6-14/h1-3,5-6,8-9,12H,4,7,10-11,13H2. The Labute approximate surface area is 150 Å². The minimum atomic E-state index is -0.543. The van der Waals surface area contributed by atoms with E-state index in [9.17, 15) is 14.0 Å². The van der Waals surface area contributed by atoms with Crippen LogP contribution in [0, 0.1) is 5.82 Å². The largest absolute Gasteiger partial charge is 0.324 e. The van der Waals surface area contributed by atoms with Gasteiger partial charge in [0.15, 0.2) is 0 Å². The quantitative estimate of drug-likeness (QED) is 0.816. The summed E-state index contributed by atoms with van der Waals surface area (Å²) in [5, 5.41) is -0.0530. The molecular formula is C19H18ClFN2O2. The van der Waals surface area contributed by atoms with Gasteiger partial charge in [-0.25, -0.2) is 4.39 Å². The highest BCUT2D eigenvalue weighted by Gasteiger charge is 2.26. The third-order valence-electron chi connectivity index (χ3n) is 4.20. The number of hydrogen-bond donors (Lipinski definition) is 0. The van der Waals surface area contributed by atoms with Crippen molar-refractivity contribution in [2.45, 2.75) is 19.3 Å². The van der Waals surface area contributed by atoms with Gasteiger partial charge in [-0.1, -0.05) is 41.9 Å². The number of carbonyl (C=O) groups excluding carboxylic acids is 2. The second kappa shape index (κ2) is 7.66. The van der Waals surface area contributed by atoms with Crippen LogP contribution in [0.1, 0.15) is 18.4 Å². The minimum absolute atomic E-state index is 0.0192. The van der Waals surface area contributed by atoms with Gasteiger partial charge in [0.1, 0.15) is 12.5 Å². The van der Waals surface area contributed by atoms with Crippen LogP contribution in [0.15, 0.2) is 48.5 Å². The van der Waals surface area contributed by atoms with Crippen LogP contribution < -0.4 is 4.90 Å². The molecule has 6 heteroatoms. The second-order valence-corrected chi connectivity index (χ2v) is 6.39. The summed E-state index contributed by atoms with van der Waals surface area (Å²) in [6.07, 6.45) is 1.46. The zero-order valence-corrected chi connectivity index (χ0v) is 14.4. The van der Waals surface area contributed by atoms with E-state index in [1.165, 1.54) is 23.1 Å². The van der Waals surface area contributed by atoms with Crippen molar-refractivity contribution in [2.24, 2.45) is 0 Å². The third kappa shape index (κ3) is 4.17. The first kappa shape index (κ1) is 17.4. The number of anilines is 1. The molecule has 130 valence electrons. The highest BCUT2D eigenvalue weighted by molar-refractivity contribution is 6.31. The smallest absolute Gasteiger partial charge is 0.232 e. The molecule has 1 aliphatic heterocycles. The van der Waals surface area contributed by atoms with E-state index in [4.69, 9.17) is 11.6 Å². The molecular weight excluding hydrogens is 343 g/mol. The molecule has 3 rings (SSSR count). The van der Waals surface area contributed by atoms with Gasteiger partial charge in [0.2, 0.25) is 11.8 Å². The minimum Gasteiger partial charge on any atom is -0.324 e. The Hall–Kier alpha value is -2.40. The SMILES string of the molecule is O=C1CCCN1CN(C(=O)Cc1ccccc1)c1ccc(F)c(Cl)c1. The molecule has 1 heterocycles. The van der Waals surface area contributed by atoms with E-state index < -0.39 is 5.82 Å². The van der Waals surface area contributed by atoms with E-state index in [-0.39, 0.29) is 29.9 Å². The number of likely N-dealkylation sites (tertiary alicyclic amines) is 1. The molecule has 2 amide bonds. The number of carbonyl (C=O) groups is 2. The lowest BCUT2D eigenvalue weighted by atomic mass is 10.1. The van der Waals surface area contributed by atoms with Crippen molar-refractivity contribution in [3.8, 4) is 0 Å².